The van der Waals surface area contributed by atoms with Crippen LogP contribution in [0.1, 0.15) is 24.9 Å². The molecule has 3 nitrogen and oxygen atoms in total. The third-order valence-electron chi connectivity index (χ3n) is 2.10. The second kappa shape index (κ2) is 7.49. The third-order valence-corrected chi connectivity index (χ3v) is 2.33. The number of halogens is 2. The van der Waals surface area contributed by atoms with E-state index in [4.69, 9.17) is 17.3 Å². The Labute approximate surface area is 107 Å². The van der Waals surface area contributed by atoms with Gasteiger partial charge < -0.3 is 11.1 Å². The van der Waals surface area contributed by atoms with Crippen LogP contribution in [-0.2, 0) is 4.79 Å². The molecule has 5 heteroatoms. The van der Waals surface area contributed by atoms with Gasteiger partial charge in [-0.2, -0.15) is 0 Å². The first-order valence-electron chi connectivity index (χ1n) is 4.88. The lowest BCUT2D eigenvalue weighted by atomic mass is 10.1. The van der Waals surface area contributed by atoms with Crippen LogP contribution in [0, 0.1) is 0 Å². The summed E-state index contributed by atoms with van der Waals surface area (Å²) in [6.45, 7) is 2.29. The molecule has 0 heterocycles. The minimum absolute atomic E-state index is 0. The molecule has 0 aliphatic carbocycles. The van der Waals surface area contributed by atoms with Crippen molar-refractivity contribution in [1.82, 2.24) is 5.32 Å². The van der Waals surface area contributed by atoms with Crippen LogP contribution in [-0.4, -0.2) is 12.5 Å². The van der Waals surface area contributed by atoms with Crippen LogP contribution in [0.3, 0.4) is 0 Å². The van der Waals surface area contributed by atoms with Gasteiger partial charge in [0.25, 0.3) is 0 Å². The van der Waals surface area contributed by atoms with E-state index in [1.54, 1.807) is 6.07 Å². The number of carbonyl (C=O) groups excluding carboxylic acids is 1. The van der Waals surface area contributed by atoms with E-state index in [-0.39, 0.29) is 24.4 Å². The summed E-state index contributed by atoms with van der Waals surface area (Å²) in [5.41, 5.74) is 6.28. The molecule has 0 radical (unpaired) electrons. The summed E-state index contributed by atoms with van der Waals surface area (Å²) in [6, 6.07) is 7.40. The van der Waals surface area contributed by atoms with Crippen LogP contribution in [0.25, 0.3) is 0 Å². The molecule has 0 aliphatic rings. The fourth-order valence-electron chi connectivity index (χ4n) is 1.30. The SMILES string of the molecule is C[C@@H](NC(=O)CCN)c1cccc(Cl)c1.Cl. The highest BCUT2D eigenvalue weighted by atomic mass is 35.5. The molecule has 1 aromatic rings. The van der Waals surface area contributed by atoms with Crippen molar-refractivity contribution < 1.29 is 4.79 Å². The van der Waals surface area contributed by atoms with Crippen molar-refractivity contribution in [2.45, 2.75) is 19.4 Å². The van der Waals surface area contributed by atoms with Gasteiger partial charge in [-0.1, -0.05) is 23.7 Å². The zero-order valence-corrected chi connectivity index (χ0v) is 10.6. The minimum Gasteiger partial charge on any atom is -0.350 e. The van der Waals surface area contributed by atoms with Gasteiger partial charge in [0.15, 0.2) is 0 Å². The number of benzene rings is 1. The van der Waals surface area contributed by atoms with Crippen molar-refractivity contribution in [1.29, 1.82) is 0 Å². The summed E-state index contributed by atoms with van der Waals surface area (Å²) < 4.78 is 0. The van der Waals surface area contributed by atoms with E-state index in [9.17, 15) is 4.79 Å². The molecule has 1 rings (SSSR count). The van der Waals surface area contributed by atoms with E-state index >= 15 is 0 Å². The Balaban J connectivity index is 0.00000225. The average Bonchev–Trinajstić information content (AvgIpc) is 2.18. The Morgan fingerprint density at radius 1 is 1.56 bits per heavy atom. The number of hydrogen-bond donors (Lipinski definition) is 2. The first kappa shape index (κ1) is 15.2. The molecule has 1 atom stereocenters. The molecule has 16 heavy (non-hydrogen) atoms. The Morgan fingerprint density at radius 3 is 2.81 bits per heavy atom. The highest BCUT2D eigenvalue weighted by molar-refractivity contribution is 6.30. The van der Waals surface area contributed by atoms with Crippen molar-refractivity contribution in [3.63, 3.8) is 0 Å². The largest absolute Gasteiger partial charge is 0.350 e. The standard InChI is InChI=1S/C11H15ClN2O.ClH/c1-8(14-11(15)5-6-13)9-3-2-4-10(12)7-9;/h2-4,7-8H,5-6,13H2,1H3,(H,14,15);1H/t8-;/m1./s1. The number of hydrogen-bond acceptors (Lipinski definition) is 2. The topological polar surface area (TPSA) is 55.1 Å². The Bertz CT molecular complexity index is 345. The van der Waals surface area contributed by atoms with Gasteiger partial charge >= 0.3 is 0 Å². The van der Waals surface area contributed by atoms with Gasteiger partial charge in [0.05, 0.1) is 6.04 Å². The second-order valence-corrected chi connectivity index (χ2v) is 3.82. The van der Waals surface area contributed by atoms with Gasteiger partial charge in [-0.25, -0.2) is 0 Å². The molecule has 0 spiro atoms. The highest BCUT2D eigenvalue weighted by Crippen LogP contribution is 2.17. The first-order valence-corrected chi connectivity index (χ1v) is 5.26. The van der Waals surface area contributed by atoms with Crippen LogP contribution in [0.4, 0.5) is 0 Å². The van der Waals surface area contributed by atoms with Crippen LogP contribution in [0.5, 0.6) is 0 Å². The molecule has 0 bridgehead atoms. The quantitative estimate of drug-likeness (QED) is 0.875. The van der Waals surface area contributed by atoms with Crippen LogP contribution in [0.15, 0.2) is 24.3 Å². The number of rotatable bonds is 4. The molecule has 0 aromatic heterocycles. The highest BCUT2D eigenvalue weighted by Gasteiger charge is 2.08. The molecular formula is C11H16Cl2N2O. The summed E-state index contributed by atoms with van der Waals surface area (Å²) >= 11 is 5.85. The molecular weight excluding hydrogens is 247 g/mol. The van der Waals surface area contributed by atoms with E-state index in [1.165, 1.54) is 0 Å². The van der Waals surface area contributed by atoms with Crippen molar-refractivity contribution >= 4 is 29.9 Å². The lowest BCUT2D eigenvalue weighted by Crippen LogP contribution is -2.28. The zero-order valence-electron chi connectivity index (χ0n) is 9.07. The third kappa shape index (κ3) is 4.84. The predicted molar refractivity (Wildman–Crippen MR) is 68.9 cm³/mol. The van der Waals surface area contributed by atoms with Gasteiger partial charge in [-0.05, 0) is 24.6 Å². The molecule has 90 valence electrons. The number of nitrogens with two attached hydrogens (primary N) is 1. The summed E-state index contributed by atoms with van der Waals surface area (Å²) in [5, 5.41) is 3.52. The van der Waals surface area contributed by atoms with Crippen molar-refractivity contribution in [2.24, 2.45) is 5.73 Å². The molecule has 1 amide bonds. The normalized spacial score (nSPS) is 11.4. The molecule has 3 N–H and O–H groups in total. The summed E-state index contributed by atoms with van der Waals surface area (Å²) in [7, 11) is 0. The maximum atomic E-state index is 11.3. The maximum Gasteiger partial charge on any atom is 0.221 e. The van der Waals surface area contributed by atoms with E-state index in [0.717, 1.165) is 5.56 Å². The van der Waals surface area contributed by atoms with E-state index in [2.05, 4.69) is 5.32 Å². The predicted octanol–water partition coefficient (Wildman–Crippen LogP) is 2.29. The monoisotopic (exact) mass is 262 g/mol. The van der Waals surface area contributed by atoms with Crippen LogP contribution >= 0.6 is 24.0 Å². The molecule has 0 unspecified atom stereocenters. The molecule has 0 saturated heterocycles. The Morgan fingerprint density at radius 2 is 2.25 bits per heavy atom. The number of nitrogens with one attached hydrogen (secondary N) is 1. The molecule has 0 saturated carbocycles. The van der Waals surface area contributed by atoms with Gasteiger partial charge in [0.1, 0.15) is 0 Å². The lowest BCUT2D eigenvalue weighted by molar-refractivity contribution is -0.121. The van der Waals surface area contributed by atoms with Crippen molar-refractivity contribution in [2.75, 3.05) is 6.54 Å². The zero-order chi connectivity index (χ0) is 11.3. The second-order valence-electron chi connectivity index (χ2n) is 3.38. The Hall–Kier alpha value is -0.770. The summed E-state index contributed by atoms with van der Waals surface area (Å²) in [5.74, 6) is -0.0371. The summed E-state index contributed by atoms with van der Waals surface area (Å²) in [4.78, 5) is 11.3. The smallest absolute Gasteiger partial charge is 0.221 e. The molecule has 0 aliphatic heterocycles. The minimum atomic E-state index is -0.0391. The van der Waals surface area contributed by atoms with E-state index in [0.29, 0.717) is 18.0 Å². The average molecular weight is 263 g/mol. The van der Waals surface area contributed by atoms with E-state index < -0.39 is 0 Å². The van der Waals surface area contributed by atoms with E-state index in [1.807, 2.05) is 25.1 Å². The van der Waals surface area contributed by atoms with Gasteiger partial charge in [-0.15, -0.1) is 12.4 Å². The number of carbonyl (C=O) groups is 1. The number of amides is 1. The maximum absolute atomic E-state index is 11.3. The lowest BCUT2D eigenvalue weighted by Gasteiger charge is -2.14. The van der Waals surface area contributed by atoms with Gasteiger partial charge in [0.2, 0.25) is 5.91 Å². The van der Waals surface area contributed by atoms with Crippen LogP contribution < -0.4 is 11.1 Å². The first-order chi connectivity index (χ1) is 7.13. The molecule has 0 fully saturated rings. The van der Waals surface area contributed by atoms with Crippen LogP contribution in [0.2, 0.25) is 5.02 Å². The Kier molecular flexibility index (Phi) is 7.13. The fraction of sp³-hybridized carbons (Fsp3) is 0.364. The van der Waals surface area contributed by atoms with Crippen molar-refractivity contribution in [3.8, 4) is 0 Å². The van der Waals surface area contributed by atoms with Gasteiger partial charge in [-0.3, -0.25) is 4.79 Å². The van der Waals surface area contributed by atoms with Gasteiger partial charge in [0, 0.05) is 18.0 Å². The van der Waals surface area contributed by atoms with Crippen molar-refractivity contribution in [3.05, 3.63) is 34.9 Å². The summed E-state index contributed by atoms with van der Waals surface area (Å²) in [6.07, 6.45) is 0.352. The fourth-order valence-corrected chi connectivity index (χ4v) is 1.50. The molecule has 1 aromatic carbocycles.